The summed E-state index contributed by atoms with van der Waals surface area (Å²) in [5.74, 6) is -0.637. The maximum atomic E-state index is 11.2. The van der Waals surface area contributed by atoms with E-state index in [1.54, 1.807) is 6.07 Å². The second-order valence-electron chi connectivity index (χ2n) is 3.91. The number of esters is 1. The number of hydrogen-bond donors (Lipinski definition) is 1. The van der Waals surface area contributed by atoms with Crippen molar-refractivity contribution in [1.82, 2.24) is 4.90 Å². The molecule has 1 aromatic rings. The Hall–Kier alpha value is -1.39. The Labute approximate surface area is 95.5 Å². The summed E-state index contributed by atoms with van der Waals surface area (Å²) in [4.78, 5) is 13.2. The van der Waals surface area contributed by atoms with Gasteiger partial charge in [0.05, 0.1) is 7.11 Å². The molecule has 88 valence electrons. The summed E-state index contributed by atoms with van der Waals surface area (Å²) in [6, 6.07) is 7.29. The van der Waals surface area contributed by atoms with Gasteiger partial charge in [-0.3, -0.25) is 0 Å². The normalized spacial score (nSPS) is 12.6. The van der Waals surface area contributed by atoms with Gasteiger partial charge in [-0.2, -0.15) is 0 Å². The van der Waals surface area contributed by atoms with Crippen LogP contribution >= 0.6 is 0 Å². The molecule has 0 aliphatic heterocycles. The van der Waals surface area contributed by atoms with Crippen molar-refractivity contribution < 1.29 is 14.6 Å². The molecule has 16 heavy (non-hydrogen) atoms. The molecule has 1 rings (SSSR count). The van der Waals surface area contributed by atoms with Gasteiger partial charge < -0.3 is 14.7 Å². The SMILES string of the molecule is COC(=O)C(O)c1cccc(CN(C)C)c1. The summed E-state index contributed by atoms with van der Waals surface area (Å²) in [6.45, 7) is 0.766. The molecule has 0 spiro atoms. The smallest absolute Gasteiger partial charge is 0.339 e. The number of methoxy groups -OCH3 is 1. The Morgan fingerprint density at radius 2 is 2.19 bits per heavy atom. The molecule has 0 aliphatic rings. The molecule has 0 aromatic heterocycles. The van der Waals surface area contributed by atoms with Crippen LogP contribution in [0.4, 0.5) is 0 Å². The minimum atomic E-state index is -1.20. The average Bonchev–Trinajstić information content (AvgIpc) is 2.26. The molecule has 4 heteroatoms. The molecule has 1 unspecified atom stereocenters. The fourth-order valence-electron chi connectivity index (χ4n) is 1.47. The number of carbonyl (C=O) groups excluding carboxylic acids is 1. The average molecular weight is 223 g/mol. The highest BCUT2D eigenvalue weighted by Gasteiger charge is 2.17. The van der Waals surface area contributed by atoms with Crippen molar-refractivity contribution in [2.45, 2.75) is 12.6 Å². The van der Waals surface area contributed by atoms with Crippen LogP contribution in [0.3, 0.4) is 0 Å². The molecule has 0 radical (unpaired) electrons. The molecule has 0 saturated heterocycles. The molecule has 0 heterocycles. The van der Waals surface area contributed by atoms with Crippen molar-refractivity contribution in [1.29, 1.82) is 0 Å². The molecule has 1 atom stereocenters. The zero-order chi connectivity index (χ0) is 12.1. The van der Waals surface area contributed by atoms with E-state index in [0.717, 1.165) is 12.1 Å². The van der Waals surface area contributed by atoms with E-state index in [-0.39, 0.29) is 0 Å². The quantitative estimate of drug-likeness (QED) is 0.772. The molecular formula is C12H17NO3. The summed E-state index contributed by atoms with van der Waals surface area (Å²) in [5.41, 5.74) is 1.61. The van der Waals surface area contributed by atoms with E-state index in [0.29, 0.717) is 5.56 Å². The van der Waals surface area contributed by atoms with Crippen molar-refractivity contribution in [2.75, 3.05) is 21.2 Å². The lowest BCUT2D eigenvalue weighted by Crippen LogP contribution is -2.15. The number of rotatable bonds is 4. The Balaban J connectivity index is 2.85. The lowest BCUT2D eigenvalue weighted by Gasteiger charge is -2.13. The molecule has 0 amide bonds. The predicted octanol–water partition coefficient (Wildman–Crippen LogP) is 0.955. The highest BCUT2D eigenvalue weighted by Crippen LogP contribution is 2.16. The maximum Gasteiger partial charge on any atom is 0.339 e. The van der Waals surface area contributed by atoms with E-state index in [4.69, 9.17) is 0 Å². The van der Waals surface area contributed by atoms with Crippen LogP contribution in [0.2, 0.25) is 0 Å². The number of nitrogens with zero attached hydrogens (tertiary/aromatic N) is 1. The largest absolute Gasteiger partial charge is 0.467 e. The predicted molar refractivity (Wildman–Crippen MR) is 60.8 cm³/mol. The number of aliphatic hydroxyl groups excluding tert-OH is 1. The fourth-order valence-corrected chi connectivity index (χ4v) is 1.47. The first-order valence-electron chi connectivity index (χ1n) is 5.04. The first-order chi connectivity index (χ1) is 7.54. The molecule has 0 fully saturated rings. The third kappa shape index (κ3) is 3.32. The van der Waals surface area contributed by atoms with Crippen LogP contribution in [0.25, 0.3) is 0 Å². The Morgan fingerprint density at radius 3 is 2.75 bits per heavy atom. The molecule has 4 nitrogen and oxygen atoms in total. The zero-order valence-corrected chi connectivity index (χ0v) is 9.80. The number of ether oxygens (including phenoxy) is 1. The second kappa shape index (κ2) is 5.63. The molecule has 0 bridgehead atoms. The fraction of sp³-hybridized carbons (Fsp3) is 0.417. The zero-order valence-electron chi connectivity index (χ0n) is 9.80. The maximum absolute atomic E-state index is 11.2. The lowest BCUT2D eigenvalue weighted by atomic mass is 10.1. The van der Waals surface area contributed by atoms with Crippen molar-refractivity contribution in [3.63, 3.8) is 0 Å². The van der Waals surface area contributed by atoms with Crippen LogP contribution < -0.4 is 0 Å². The molecule has 1 N–H and O–H groups in total. The van der Waals surface area contributed by atoms with Gasteiger partial charge in [-0.05, 0) is 25.2 Å². The molecular weight excluding hydrogens is 206 g/mol. The summed E-state index contributed by atoms with van der Waals surface area (Å²) >= 11 is 0. The minimum absolute atomic E-state index is 0.561. The standard InChI is InChI=1S/C12H17NO3/c1-13(2)8-9-5-4-6-10(7-9)11(14)12(15)16-3/h4-7,11,14H,8H2,1-3H3. The number of carbonyl (C=O) groups is 1. The summed E-state index contributed by atoms with van der Waals surface area (Å²) in [7, 11) is 5.18. The third-order valence-electron chi connectivity index (χ3n) is 2.19. The first kappa shape index (κ1) is 12.7. The highest BCUT2D eigenvalue weighted by atomic mass is 16.5. The summed E-state index contributed by atoms with van der Waals surface area (Å²) < 4.78 is 4.49. The van der Waals surface area contributed by atoms with Crippen LogP contribution in [0.1, 0.15) is 17.2 Å². The van der Waals surface area contributed by atoms with Gasteiger partial charge in [-0.15, -0.1) is 0 Å². The van der Waals surface area contributed by atoms with Gasteiger partial charge >= 0.3 is 5.97 Å². The van der Waals surface area contributed by atoms with Gasteiger partial charge in [0.15, 0.2) is 6.10 Å². The van der Waals surface area contributed by atoms with Gasteiger partial charge in [0.25, 0.3) is 0 Å². The Kier molecular flexibility index (Phi) is 4.46. The number of aliphatic hydroxyl groups is 1. The van der Waals surface area contributed by atoms with Crippen molar-refractivity contribution in [2.24, 2.45) is 0 Å². The van der Waals surface area contributed by atoms with Crippen LogP contribution in [0.15, 0.2) is 24.3 Å². The Morgan fingerprint density at radius 1 is 1.50 bits per heavy atom. The lowest BCUT2D eigenvalue weighted by molar-refractivity contribution is -0.150. The van der Waals surface area contributed by atoms with Crippen LogP contribution in [-0.4, -0.2) is 37.2 Å². The van der Waals surface area contributed by atoms with Crippen molar-refractivity contribution >= 4 is 5.97 Å². The van der Waals surface area contributed by atoms with Gasteiger partial charge in [0.2, 0.25) is 0 Å². The van der Waals surface area contributed by atoms with E-state index in [1.807, 2.05) is 37.2 Å². The highest BCUT2D eigenvalue weighted by molar-refractivity contribution is 5.76. The number of benzene rings is 1. The van der Waals surface area contributed by atoms with Crippen molar-refractivity contribution in [3.05, 3.63) is 35.4 Å². The van der Waals surface area contributed by atoms with E-state index in [1.165, 1.54) is 7.11 Å². The van der Waals surface area contributed by atoms with Gasteiger partial charge in [0, 0.05) is 6.54 Å². The third-order valence-corrected chi connectivity index (χ3v) is 2.19. The van der Waals surface area contributed by atoms with E-state index in [2.05, 4.69) is 4.74 Å². The minimum Gasteiger partial charge on any atom is -0.467 e. The molecule has 1 aromatic carbocycles. The second-order valence-corrected chi connectivity index (χ2v) is 3.91. The van der Waals surface area contributed by atoms with E-state index < -0.39 is 12.1 Å². The van der Waals surface area contributed by atoms with Crippen LogP contribution in [0, 0.1) is 0 Å². The molecule has 0 saturated carbocycles. The van der Waals surface area contributed by atoms with Crippen molar-refractivity contribution in [3.8, 4) is 0 Å². The van der Waals surface area contributed by atoms with Crippen LogP contribution in [-0.2, 0) is 16.1 Å². The van der Waals surface area contributed by atoms with Gasteiger partial charge in [0.1, 0.15) is 0 Å². The van der Waals surface area contributed by atoms with Crippen LogP contribution in [0.5, 0.6) is 0 Å². The topological polar surface area (TPSA) is 49.8 Å². The van der Waals surface area contributed by atoms with Gasteiger partial charge in [-0.1, -0.05) is 24.3 Å². The van der Waals surface area contributed by atoms with E-state index in [9.17, 15) is 9.90 Å². The van der Waals surface area contributed by atoms with E-state index >= 15 is 0 Å². The van der Waals surface area contributed by atoms with Gasteiger partial charge in [-0.25, -0.2) is 4.79 Å². The summed E-state index contributed by atoms with van der Waals surface area (Å²) in [6.07, 6.45) is -1.20. The monoisotopic (exact) mass is 223 g/mol. The first-order valence-corrected chi connectivity index (χ1v) is 5.04. The molecule has 0 aliphatic carbocycles. The summed E-state index contributed by atoms with van der Waals surface area (Å²) in [5, 5.41) is 9.66. The number of hydrogen-bond acceptors (Lipinski definition) is 4. The Bertz CT molecular complexity index is 363.